The molecule has 2 N–H and O–H groups in total. The van der Waals surface area contributed by atoms with Gasteiger partial charge in [-0.1, -0.05) is 72.3 Å². The van der Waals surface area contributed by atoms with E-state index >= 15 is 0 Å². The summed E-state index contributed by atoms with van der Waals surface area (Å²) in [5.74, 6) is -0.870. The third kappa shape index (κ3) is 5.32. The largest absolute Gasteiger partial charge is 0.459 e. The quantitative estimate of drug-likeness (QED) is 0.408. The zero-order valence-corrected chi connectivity index (χ0v) is 17.4. The number of aromatic nitrogens is 1. The third-order valence-electron chi connectivity index (χ3n) is 4.92. The molecule has 1 amide bonds. The van der Waals surface area contributed by atoms with Gasteiger partial charge in [0.15, 0.2) is 0 Å². The molecule has 6 heteroatoms. The number of amides is 1. The molecule has 0 saturated heterocycles. The van der Waals surface area contributed by atoms with Crippen LogP contribution in [0.15, 0.2) is 84.9 Å². The van der Waals surface area contributed by atoms with E-state index in [-0.39, 0.29) is 12.5 Å². The summed E-state index contributed by atoms with van der Waals surface area (Å²) in [5, 5.41) is 4.23. The lowest BCUT2D eigenvalue weighted by Gasteiger charge is -2.17. The first-order valence-electron chi connectivity index (χ1n) is 9.92. The minimum Gasteiger partial charge on any atom is -0.459 e. The van der Waals surface area contributed by atoms with E-state index < -0.39 is 12.0 Å². The zero-order chi connectivity index (χ0) is 21.6. The molecule has 31 heavy (non-hydrogen) atoms. The number of H-pyrrole nitrogens is 1. The number of fused-ring (bicyclic) bond motifs is 1. The normalized spacial score (nSPS) is 11.8. The maximum Gasteiger partial charge on any atom is 0.329 e. The van der Waals surface area contributed by atoms with E-state index in [2.05, 4.69) is 10.3 Å². The van der Waals surface area contributed by atoms with Crippen molar-refractivity contribution < 1.29 is 14.3 Å². The molecule has 0 bridgehead atoms. The van der Waals surface area contributed by atoms with Crippen LogP contribution in [0.3, 0.4) is 0 Å². The molecule has 0 radical (unpaired) electrons. The highest BCUT2D eigenvalue weighted by Gasteiger charge is 2.24. The highest BCUT2D eigenvalue weighted by Crippen LogP contribution is 2.20. The van der Waals surface area contributed by atoms with Gasteiger partial charge in [0.25, 0.3) is 5.91 Å². The first-order chi connectivity index (χ1) is 15.1. The number of carbonyl (C=O) groups is 2. The number of aromatic amines is 1. The Bertz CT molecular complexity index is 1190. The lowest BCUT2D eigenvalue weighted by molar-refractivity contribution is -0.147. The van der Waals surface area contributed by atoms with Crippen LogP contribution in [-0.2, 0) is 22.6 Å². The fourth-order valence-electron chi connectivity index (χ4n) is 3.33. The first kappa shape index (κ1) is 20.7. The van der Waals surface area contributed by atoms with Crippen LogP contribution in [0.5, 0.6) is 0 Å². The zero-order valence-electron chi connectivity index (χ0n) is 16.7. The van der Waals surface area contributed by atoms with Crippen LogP contribution in [-0.4, -0.2) is 22.9 Å². The van der Waals surface area contributed by atoms with Crippen molar-refractivity contribution in [3.05, 3.63) is 107 Å². The van der Waals surface area contributed by atoms with Gasteiger partial charge in [-0.3, -0.25) is 4.79 Å². The van der Waals surface area contributed by atoms with E-state index in [4.69, 9.17) is 16.3 Å². The molecule has 1 aromatic heterocycles. The number of ether oxygens (including phenoxy) is 1. The molecule has 0 aliphatic carbocycles. The van der Waals surface area contributed by atoms with Gasteiger partial charge in [-0.05, 0) is 35.4 Å². The van der Waals surface area contributed by atoms with Gasteiger partial charge in [-0.15, -0.1) is 0 Å². The number of esters is 1. The second-order valence-electron chi connectivity index (χ2n) is 7.22. The molecule has 4 rings (SSSR count). The maximum atomic E-state index is 12.9. The summed E-state index contributed by atoms with van der Waals surface area (Å²) in [7, 11) is 0. The number of nitrogens with one attached hydrogen (secondary N) is 2. The second-order valence-corrected chi connectivity index (χ2v) is 7.66. The third-order valence-corrected chi connectivity index (χ3v) is 5.16. The van der Waals surface area contributed by atoms with Gasteiger partial charge < -0.3 is 15.0 Å². The van der Waals surface area contributed by atoms with E-state index in [1.54, 1.807) is 18.2 Å². The maximum absolute atomic E-state index is 12.9. The number of carbonyl (C=O) groups excluding carboxylic acids is 2. The van der Waals surface area contributed by atoms with Crippen molar-refractivity contribution in [1.82, 2.24) is 10.3 Å². The van der Waals surface area contributed by atoms with E-state index in [1.165, 1.54) is 0 Å². The SMILES string of the molecule is O=C(N[C@@H](Cc1ccccc1)C(=O)OCc1ccccc1)c1cc2cc(Cl)ccc2[nH]1. The fourth-order valence-corrected chi connectivity index (χ4v) is 3.51. The van der Waals surface area contributed by atoms with E-state index in [0.717, 1.165) is 22.0 Å². The van der Waals surface area contributed by atoms with E-state index in [0.29, 0.717) is 17.1 Å². The molecule has 0 unspecified atom stereocenters. The molecule has 0 aliphatic rings. The molecule has 5 nitrogen and oxygen atoms in total. The molecule has 0 aliphatic heterocycles. The highest BCUT2D eigenvalue weighted by atomic mass is 35.5. The van der Waals surface area contributed by atoms with Crippen LogP contribution in [0.1, 0.15) is 21.6 Å². The smallest absolute Gasteiger partial charge is 0.329 e. The van der Waals surface area contributed by atoms with Crippen molar-refractivity contribution in [2.24, 2.45) is 0 Å². The van der Waals surface area contributed by atoms with Crippen molar-refractivity contribution >= 4 is 34.4 Å². The lowest BCUT2D eigenvalue weighted by Crippen LogP contribution is -2.43. The predicted octanol–water partition coefficient (Wildman–Crippen LogP) is 4.91. The predicted molar refractivity (Wildman–Crippen MR) is 121 cm³/mol. The van der Waals surface area contributed by atoms with Gasteiger partial charge >= 0.3 is 5.97 Å². The molecule has 4 aromatic rings. The van der Waals surface area contributed by atoms with Gasteiger partial charge in [-0.2, -0.15) is 0 Å². The molecule has 0 saturated carbocycles. The van der Waals surface area contributed by atoms with Gasteiger partial charge in [0.2, 0.25) is 0 Å². The molecule has 0 fully saturated rings. The summed E-state index contributed by atoms with van der Waals surface area (Å²) < 4.78 is 5.49. The van der Waals surface area contributed by atoms with Crippen LogP contribution >= 0.6 is 11.6 Å². The Morgan fingerprint density at radius 3 is 2.29 bits per heavy atom. The van der Waals surface area contributed by atoms with Crippen LogP contribution in [0.2, 0.25) is 5.02 Å². The summed E-state index contributed by atoms with van der Waals surface area (Å²) in [6, 6.07) is 25.2. The van der Waals surface area contributed by atoms with Crippen molar-refractivity contribution in [2.75, 3.05) is 0 Å². The topological polar surface area (TPSA) is 71.2 Å². The number of halogens is 1. The summed E-state index contributed by atoms with van der Waals surface area (Å²) in [6.07, 6.45) is 0.326. The molecule has 1 atom stereocenters. The monoisotopic (exact) mass is 432 g/mol. The number of benzene rings is 3. The number of hydrogen-bond acceptors (Lipinski definition) is 3. The Morgan fingerprint density at radius 2 is 1.58 bits per heavy atom. The summed E-state index contributed by atoms with van der Waals surface area (Å²) in [6.45, 7) is 0.145. The molecular formula is C25H21ClN2O3. The molecule has 3 aromatic carbocycles. The minimum atomic E-state index is -0.825. The number of rotatable bonds is 7. The van der Waals surface area contributed by atoms with Gasteiger partial charge in [-0.25, -0.2) is 4.79 Å². The van der Waals surface area contributed by atoms with Crippen LogP contribution in [0.4, 0.5) is 0 Å². The van der Waals surface area contributed by atoms with Crippen molar-refractivity contribution in [3.63, 3.8) is 0 Å². The molecule has 156 valence electrons. The van der Waals surface area contributed by atoms with Gasteiger partial charge in [0.1, 0.15) is 18.3 Å². The van der Waals surface area contributed by atoms with Crippen molar-refractivity contribution in [1.29, 1.82) is 0 Å². The first-order valence-corrected chi connectivity index (χ1v) is 10.3. The summed E-state index contributed by atoms with van der Waals surface area (Å²) in [4.78, 5) is 28.8. The average molecular weight is 433 g/mol. The fraction of sp³-hybridized carbons (Fsp3) is 0.120. The standard InChI is InChI=1S/C25H21ClN2O3/c26-20-11-12-21-19(14-20)15-22(27-21)24(29)28-23(13-17-7-3-1-4-8-17)25(30)31-16-18-9-5-2-6-10-18/h1-12,14-15,23,27H,13,16H2,(H,28,29)/t23-/m0/s1. The van der Waals surface area contributed by atoms with Crippen LogP contribution < -0.4 is 5.32 Å². The molecular weight excluding hydrogens is 412 g/mol. The Balaban J connectivity index is 1.51. The van der Waals surface area contributed by atoms with Crippen LogP contribution in [0.25, 0.3) is 10.9 Å². The molecule has 0 spiro atoms. The highest BCUT2D eigenvalue weighted by molar-refractivity contribution is 6.31. The second kappa shape index (κ2) is 9.49. The average Bonchev–Trinajstić information content (AvgIpc) is 3.22. The lowest BCUT2D eigenvalue weighted by atomic mass is 10.1. The molecule has 1 heterocycles. The Kier molecular flexibility index (Phi) is 6.34. The van der Waals surface area contributed by atoms with Gasteiger partial charge in [0.05, 0.1) is 0 Å². The van der Waals surface area contributed by atoms with E-state index in [9.17, 15) is 9.59 Å². The van der Waals surface area contributed by atoms with Crippen molar-refractivity contribution in [3.8, 4) is 0 Å². The minimum absolute atomic E-state index is 0.145. The number of hydrogen-bond donors (Lipinski definition) is 2. The van der Waals surface area contributed by atoms with Gasteiger partial charge in [0, 0.05) is 22.3 Å². The van der Waals surface area contributed by atoms with Crippen LogP contribution in [0, 0.1) is 0 Å². The van der Waals surface area contributed by atoms with Crippen molar-refractivity contribution in [2.45, 2.75) is 19.1 Å². The van der Waals surface area contributed by atoms with E-state index in [1.807, 2.05) is 66.7 Å². The Hall–Kier alpha value is -3.57. The Labute approximate surface area is 185 Å². The Morgan fingerprint density at radius 1 is 0.903 bits per heavy atom. The summed E-state index contributed by atoms with van der Waals surface area (Å²) >= 11 is 6.03. The summed E-state index contributed by atoms with van der Waals surface area (Å²) in [5.41, 5.74) is 2.95.